The molecular weight excluding hydrogens is 316 g/mol. The van der Waals surface area contributed by atoms with Gasteiger partial charge in [-0.05, 0) is 37.6 Å². The van der Waals surface area contributed by atoms with E-state index in [1.165, 1.54) is 11.6 Å². The lowest BCUT2D eigenvalue weighted by Gasteiger charge is -2.06. The average molecular weight is 336 g/mol. The number of hydrogen-bond donors (Lipinski definition) is 0. The van der Waals surface area contributed by atoms with Gasteiger partial charge in [0.05, 0.1) is 11.4 Å². The van der Waals surface area contributed by atoms with Gasteiger partial charge in [-0.15, -0.1) is 0 Å². The number of para-hydroxylation sites is 1. The van der Waals surface area contributed by atoms with Crippen molar-refractivity contribution in [1.29, 1.82) is 0 Å². The molecule has 128 valence electrons. The van der Waals surface area contributed by atoms with Gasteiger partial charge in [-0.3, -0.25) is 4.79 Å². The van der Waals surface area contributed by atoms with Gasteiger partial charge in [0.2, 0.25) is 0 Å². The van der Waals surface area contributed by atoms with Crippen molar-refractivity contribution in [2.75, 3.05) is 6.61 Å². The summed E-state index contributed by atoms with van der Waals surface area (Å²) in [6, 6.07) is 10.8. The molecule has 5 nitrogen and oxygen atoms in total. The molecule has 1 aromatic carbocycles. The number of carbonyl (C=O) groups excluding carboxylic acids is 2. The molecule has 0 saturated heterocycles. The van der Waals surface area contributed by atoms with Crippen molar-refractivity contribution in [2.24, 2.45) is 0 Å². The van der Waals surface area contributed by atoms with Gasteiger partial charge in [-0.1, -0.05) is 49.1 Å². The van der Waals surface area contributed by atoms with E-state index in [9.17, 15) is 9.59 Å². The Bertz CT molecular complexity index is 830. The molecule has 1 heterocycles. The highest BCUT2D eigenvalue weighted by atomic mass is 16.5. The van der Waals surface area contributed by atoms with Crippen LogP contribution in [0.15, 0.2) is 67.3 Å². The van der Waals surface area contributed by atoms with Crippen LogP contribution in [0.3, 0.4) is 0 Å². The number of rotatable bonds is 7. The zero-order valence-electron chi connectivity index (χ0n) is 14.3. The van der Waals surface area contributed by atoms with Crippen LogP contribution in [-0.2, 0) is 9.53 Å². The van der Waals surface area contributed by atoms with Crippen molar-refractivity contribution in [1.82, 2.24) is 9.78 Å². The molecule has 0 aliphatic rings. The van der Waals surface area contributed by atoms with Crippen molar-refractivity contribution in [2.45, 2.75) is 13.8 Å². The Kier molecular flexibility index (Phi) is 6.23. The number of allylic oxidation sites excluding steroid dienone is 5. The number of carbonyl (C=O) groups is 2. The molecule has 0 unspecified atom stereocenters. The van der Waals surface area contributed by atoms with Gasteiger partial charge in [-0.25, -0.2) is 9.48 Å². The Labute approximate surface area is 146 Å². The summed E-state index contributed by atoms with van der Waals surface area (Å²) in [5.74, 6) is -0.832. The van der Waals surface area contributed by atoms with Crippen LogP contribution >= 0.6 is 0 Å². The first-order valence-corrected chi connectivity index (χ1v) is 7.83. The molecule has 0 fully saturated rings. The van der Waals surface area contributed by atoms with Crippen LogP contribution in [0.1, 0.15) is 30.0 Å². The summed E-state index contributed by atoms with van der Waals surface area (Å²) in [4.78, 5) is 23.4. The molecule has 0 saturated carbocycles. The Balaban J connectivity index is 2.40. The molecule has 0 bridgehead atoms. The molecular formula is C20H20N2O3. The van der Waals surface area contributed by atoms with Crippen LogP contribution < -0.4 is 0 Å². The summed E-state index contributed by atoms with van der Waals surface area (Å²) in [5, 5.41) is 4.46. The molecule has 2 rings (SSSR count). The molecule has 0 aliphatic heterocycles. The molecule has 0 N–H and O–H groups in total. The van der Waals surface area contributed by atoms with E-state index in [0.29, 0.717) is 17.0 Å². The lowest BCUT2D eigenvalue weighted by atomic mass is 10.2. The van der Waals surface area contributed by atoms with E-state index in [-0.39, 0.29) is 18.1 Å². The summed E-state index contributed by atoms with van der Waals surface area (Å²) in [6.45, 7) is 6.99. The van der Waals surface area contributed by atoms with Crippen LogP contribution in [0.25, 0.3) is 11.3 Å². The van der Waals surface area contributed by atoms with Crippen molar-refractivity contribution < 1.29 is 14.3 Å². The van der Waals surface area contributed by atoms with Crippen molar-refractivity contribution >= 4 is 17.3 Å². The summed E-state index contributed by atoms with van der Waals surface area (Å²) in [7, 11) is 0. The molecule has 5 heteroatoms. The largest absolute Gasteiger partial charge is 0.453 e. The van der Waals surface area contributed by atoms with Gasteiger partial charge in [0.15, 0.2) is 11.5 Å². The highest BCUT2D eigenvalue weighted by Gasteiger charge is 2.19. The van der Waals surface area contributed by atoms with E-state index in [4.69, 9.17) is 4.74 Å². The monoisotopic (exact) mass is 336 g/mol. The van der Waals surface area contributed by atoms with E-state index in [1.54, 1.807) is 6.07 Å². The van der Waals surface area contributed by atoms with E-state index >= 15 is 0 Å². The maximum absolute atomic E-state index is 12.3. The minimum absolute atomic E-state index is 0.224. The first kappa shape index (κ1) is 18.1. The van der Waals surface area contributed by atoms with Crippen molar-refractivity contribution in [3.8, 4) is 5.69 Å². The maximum atomic E-state index is 12.3. The summed E-state index contributed by atoms with van der Waals surface area (Å²) in [6.07, 6.45) is 7.43. The highest BCUT2D eigenvalue weighted by molar-refractivity contribution is 5.91. The minimum Gasteiger partial charge on any atom is -0.453 e. The lowest BCUT2D eigenvalue weighted by molar-refractivity contribution is -0.120. The normalized spacial score (nSPS) is 11.1. The number of esters is 1. The smallest absolute Gasteiger partial charge is 0.357 e. The Morgan fingerprint density at radius 1 is 1.24 bits per heavy atom. The molecule has 25 heavy (non-hydrogen) atoms. The maximum Gasteiger partial charge on any atom is 0.357 e. The summed E-state index contributed by atoms with van der Waals surface area (Å²) in [5.41, 5.74) is 2.17. The van der Waals surface area contributed by atoms with E-state index in [0.717, 1.165) is 0 Å². The second kappa shape index (κ2) is 8.59. The predicted octanol–water partition coefficient (Wildman–Crippen LogP) is 3.76. The number of Topliss-reactive ketones (excluding diaryl/α,β-unsaturated/α-hetero) is 1. The number of aromatic nitrogens is 2. The SMILES string of the molecule is C=C(/C=C\C=C/C)c1cc(C(=O)OCC(C)=O)n(-c2ccccc2)n1. The third-order valence-electron chi connectivity index (χ3n) is 3.26. The fourth-order valence-electron chi connectivity index (χ4n) is 2.06. The van der Waals surface area contributed by atoms with E-state index in [2.05, 4.69) is 11.7 Å². The van der Waals surface area contributed by atoms with Gasteiger partial charge >= 0.3 is 5.97 Å². The number of hydrogen-bond acceptors (Lipinski definition) is 4. The van der Waals surface area contributed by atoms with E-state index in [1.807, 2.05) is 61.6 Å². The standard InChI is InChI=1S/C20H20N2O3/c1-4-5-7-10-15(2)18-13-19(20(24)25-14-16(3)23)22(21-18)17-11-8-6-9-12-17/h4-13H,2,14H2,1,3H3/b5-4-,10-7-. The summed E-state index contributed by atoms with van der Waals surface area (Å²) >= 11 is 0. The first-order valence-electron chi connectivity index (χ1n) is 7.83. The molecule has 0 spiro atoms. The topological polar surface area (TPSA) is 61.2 Å². The first-order chi connectivity index (χ1) is 12.0. The second-order valence-corrected chi connectivity index (χ2v) is 5.35. The zero-order valence-corrected chi connectivity index (χ0v) is 14.3. The molecule has 0 amide bonds. The number of ketones is 1. The lowest BCUT2D eigenvalue weighted by Crippen LogP contribution is -2.15. The number of nitrogens with zero attached hydrogens (tertiary/aromatic N) is 2. The highest BCUT2D eigenvalue weighted by Crippen LogP contribution is 2.19. The third kappa shape index (κ3) is 4.88. The summed E-state index contributed by atoms with van der Waals surface area (Å²) < 4.78 is 6.53. The van der Waals surface area contributed by atoms with Crippen LogP contribution in [0.2, 0.25) is 0 Å². The number of benzene rings is 1. The van der Waals surface area contributed by atoms with Crippen molar-refractivity contribution in [3.05, 3.63) is 78.7 Å². The minimum atomic E-state index is -0.608. The number of ether oxygens (including phenoxy) is 1. The molecule has 1 aromatic heterocycles. The van der Waals surface area contributed by atoms with Gasteiger partial charge in [0.1, 0.15) is 6.61 Å². The molecule has 0 aliphatic carbocycles. The molecule has 2 aromatic rings. The van der Waals surface area contributed by atoms with E-state index < -0.39 is 5.97 Å². The van der Waals surface area contributed by atoms with Gasteiger partial charge in [0.25, 0.3) is 0 Å². The third-order valence-corrected chi connectivity index (χ3v) is 3.26. The fourth-order valence-corrected chi connectivity index (χ4v) is 2.06. The van der Waals surface area contributed by atoms with Crippen LogP contribution in [-0.4, -0.2) is 28.1 Å². The van der Waals surface area contributed by atoms with Gasteiger partial charge < -0.3 is 4.74 Å². The zero-order chi connectivity index (χ0) is 18.2. The fraction of sp³-hybridized carbons (Fsp3) is 0.150. The van der Waals surface area contributed by atoms with Crippen LogP contribution in [0.5, 0.6) is 0 Å². The molecule has 0 atom stereocenters. The second-order valence-electron chi connectivity index (χ2n) is 5.35. The van der Waals surface area contributed by atoms with Gasteiger partial charge in [-0.2, -0.15) is 5.10 Å². The Morgan fingerprint density at radius 2 is 1.96 bits per heavy atom. The van der Waals surface area contributed by atoms with Gasteiger partial charge in [0, 0.05) is 0 Å². The molecule has 0 radical (unpaired) electrons. The van der Waals surface area contributed by atoms with Crippen molar-refractivity contribution in [3.63, 3.8) is 0 Å². The predicted molar refractivity (Wildman–Crippen MR) is 97.5 cm³/mol. The average Bonchev–Trinajstić information content (AvgIpc) is 3.06. The van der Waals surface area contributed by atoms with Crippen LogP contribution in [0.4, 0.5) is 0 Å². The quantitative estimate of drug-likeness (QED) is 0.570. The Hall–Kier alpha value is -3.21. The van der Waals surface area contributed by atoms with Crippen LogP contribution in [0, 0.1) is 0 Å². The Morgan fingerprint density at radius 3 is 2.60 bits per heavy atom.